The van der Waals surface area contributed by atoms with Gasteiger partial charge in [-0.15, -0.1) is 0 Å². The van der Waals surface area contributed by atoms with Crippen LogP contribution in [0.25, 0.3) is 0 Å². The standard InChI is InChI=1S/C17H16Cl3N3/c1-12(8-13-2-4-14(18)5-3-13)22-10-21-23(11-22)17-7-6-15(19)9-16(17)20/h2-7,9-10,12H,8,11H2,1H3. The van der Waals surface area contributed by atoms with Crippen LogP contribution in [0.15, 0.2) is 47.6 Å². The zero-order valence-electron chi connectivity index (χ0n) is 12.6. The van der Waals surface area contributed by atoms with E-state index in [0.717, 1.165) is 17.1 Å². The predicted molar refractivity (Wildman–Crippen MR) is 98.8 cm³/mol. The molecular formula is C17H16Cl3N3. The number of benzene rings is 2. The van der Waals surface area contributed by atoms with Gasteiger partial charge in [0.05, 0.1) is 10.7 Å². The Morgan fingerprint density at radius 3 is 2.43 bits per heavy atom. The minimum absolute atomic E-state index is 0.316. The third kappa shape index (κ3) is 3.92. The van der Waals surface area contributed by atoms with E-state index < -0.39 is 0 Å². The lowest BCUT2D eigenvalue weighted by Gasteiger charge is -2.25. The molecule has 0 saturated carbocycles. The number of halogens is 3. The van der Waals surface area contributed by atoms with Gasteiger partial charge in [0.15, 0.2) is 0 Å². The monoisotopic (exact) mass is 367 g/mol. The van der Waals surface area contributed by atoms with Gasteiger partial charge in [-0.25, -0.2) is 5.01 Å². The fourth-order valence-electron chi connectivity index (χ4n) is 2.52. The highest BCUT2D eigenvalue weighted by atomic mass is 35.5. The molecule has 0 N–H and O–H groups in total. The smallest absolute Gasteiger partial charge is 0.114 e. The van der Waals surface area contributed by atoms with Crippen LogP contribution in [-0.4, -0.2) is 23.9 Å². The molecule has 3 nitrogen and oxygen atoms in total. The summed E-state index contributed by atoms with van der Waals surface area (Å²) in [6, 6.07) is 13.7. The molecule has 0 radical (unpaired) electrons. The lowest BCUT2D eigenvalue weighted by molar-refractivity contribution is 0.356. The number of hydrogen-bond acceptors (Lipinski definition) is 3. The number of nitrogens with zero attached hydrogens (tertiary/aromatic N) is 3. The first kappa shape index (κ1) is 16.4. The summed E-state index contributed by atoms with van der Waals surface area (Å²) >= 11 is 18.1. The SMILES string of the molecule is CC(Cc1ccc(Cl)cc1)N1C=NN(c2ccc(Cl)cc2Cl)C1. The molecule has 1 aliphatic rings. The molecule has 2 aromatic carbocycles. The van der Waals surface area contributed by atoms with Crippen LogP contribution in [0.3, 0.4) is 0 Å². The van der Waals surface area contributed by atoms with Gasteiger partial charge >= 0.3 is 0 Å². The second-order valence-electron chi connectivity index (χ2n) is 5.56. The van der Waals surface area contributed by atoms with Crippen LogP contribution in [0.4, 0.5) is 5.69 Å². The third-order valence-electron chi connectivity index (χ3n) is 3.83. The second-order valence-corrected chi connectivity index (χ2v) is 6.84. The Morgan fingerprint density at radius 1 is 1.04 bits per heavy atom. The average Bonchev–Trinajstić information content (AvgIpc) is 2.99. The van der Waals surface area contributed by atoms with Crippen LogP contribution in [0.2, 0.25) is 15.1 Å². The summed E-state index contributed by atoms with van der Waals surface area (Å²) in [4.78, 5) is 2.18. The Hall–Kier alpha value is -1.42. The molecule has 1 unspecified atom stereocenters. The molecule has 0 fully saturated rings. The van der Waals surface area contributed by atoms with Gasteiger partial charge < -0.3 is 4.90 Å². The molecule has 1 heterocycles. The van der Waals surface area contributed by atoms with Crippen LogP contribution in [0.5, 0.6) is 0 Å². The molecule has 120 valence electrons. The Labute approximate surface area is 151 Å². The van der Waals surface area contributed by atoms with Crippen LogP contribution in [0, 0.1) is 0 Å². The fraction of sp³-hybridized carbons (Fsp3) is 0.235. The molecular weight excluding hydrogens is 353 g/mol. The molecule has 1 atom stereocenters. The molecule has 23 heavy (non-hydrogen) atoms. The van der Waals surface area contributed by atoms with Gasteiger partial charge in [-0.1, -0.05) is 46.9 Å². The van der Waals surface area contributed by atoms with E-state index in [2.05, 4.69) is 29.1 Å². The van der Waals surface area contributed by atoms with E-state index in [1.807, 2.05) is 35.6 Å². The van der Waals surface area contributed by atoms with Gasteiger partial charge in [0.25, 0.3) is 0 Å². The molecule has 0 aromatic heterocycles. The van der Waals surface area contributed by atoms with Crippen molar-refractivity contribution in [2.24, 2.45) is 5.10 Å². The Kier molecular flexibility index (Phi) is 5.00. The van der Waals surface area contributed by atoms with E-state index in [0.29, 0.717) is 22.8 Å². The maximum Gasteiger partial charge on any atom is 0.114 e. The van der Waals surface area contributed by atoms with E-state index in [9.17, 15) is 0 Å². The fourth-order valence-corrected chi connectivity index (χ4v) is 3.15. The van der Waals surface area contributed by atoms with Crippen molar-refractivity contribution in [2.75, 3.05) is 11.7 Å². The molecule has 0 amide bonds. The summed E-state index contributed by atoms with van der Waals surface area (Å²) in [5.74, 6) is 0. The topological polar surface area (TPSA) is 18.8 Å². The molecule has 1 aliphatic heterocycles. The molecule has 6 heteroatoms. The highest BCUT2D eigenvalue weighted by Crippen LogP contribution is 2.30. The quantitative estimate of drug-likeness (QED) is 0.729. The summed E-state index contributed by atoms with van der Waals surface area (Å²) in [5, 5.41) is 8.29. The molecule has 0 bridgehead atoms. The van der Waals surface area contributed by atoms with Crippen LogP contribution < -0.4 is 5.01 Å². The summed E-state index contributed by atoms with van der Waals surface area (Å²) in [6.45, 7) is 2.84. The van der Waals surface area contributed by atoms with Crippen molar-refractivity contribution >= 4 is 46.8 Å². The highest BCUT2D eigenvalue weighted by Gasteiger charge is 2.22. The minimum Gasteiger partial charge on any atom is -0.339 e. The van der Waals surface area contributed by atoms with Crippen LogP contribution >= 0.6 is 34.8 Å². The lowest BCUT2D eigenvalue weighted by Crippen LogP contribution is -2.35. The Bertz CT molecular complexity index is 716. The summed E-state index contributed by atoms with van der Waals surface area (Å²) in [7, 11) is 0. The maximum absolute atomic E-state index is 6.25. The number of rotatable bonds is 4. The van der Waals surface area contributed by atoms with Crippen molar-refractivity contribution in [3.63, 3.8) is 0 Å². The molecule has 0 spiro atoms. The van der Waals surface area contributed by atoms with Crippen molar-refractivity contribution in [3.05, 3.63) is 63.1 Å². The van der Waals surface area contributed by atoms with E-state index in [1.54, 1.807) is 6.07 Å². The minimum atomic E-state index is 0.316. The second kappa shape index (κ2) is 7.00. The predicted octanol–water partition coefficient (Wildman–Crippen LogP) is 5.30. The van der Waals surface area contributed by atoms with Gasteiger partial charge in [0.1, 0.15) is 13.0 Å². The molecule has 0 saturated heterocycles. The van der Waals surface area contributed by atoms with Crippen LogP contribution in [0.1, 0.15) is 12.5 Å². The first-order valence-corrected chi connectivity index (χ1v) is 8.43. The van der Waals surface area contributed by atoms with Gasteiger partial charge in [-0.2, -0.15) is 5.10 Å². The summed E-state index contributed by atoms with van der Waals surface area (Å²) in [5.41, 5.74) is 2.10. The van der Waals surface area contributed by atoms with Crippen molar-refractivity contribution < 1.29 is 0 Å². The van der Waals surface area contributed by atoms with Gasteiger partial charge in [-0.3, -0.25) is 0 Å². The van der Waals surface area contributed by atoms with Gasteiger partial charge in [0.2, 0.25) is 0 Å². The summed E-state index contributed by atoms with van der Waals surface area (Å²) < 4.78 is 0. The Morgan fingerprint density at radius 2 is 1.74 bits per heavy atom. The normalized spacial score (nSPS) is 15.3. The van der Waals surface area contributed by atoms with E-state index in [-0.39, 0.29) is 0 Å². The zero-order valence-corrected chi connectivity index (χ0v) is 14.9. The average molecular weight is 369 g/mol. The molecule has 3 rings (SSSR count). The van der Waals surface area contributed by atoms with Gasteiger partial charge in [0, 0.05) is 16.1 Å². The van der Waals surface area contributed by atoms with Crippen molar-refractivity contribution in [1.29, 1.82) is 0 Å². The highest BCUT2D eigenvalue weighted by molar-refractivity contribution is 6.36. The Balaban J connectivity index is 1.65. The van der Waals surface area contributed by atoms with E-state index in [4.69, 9.17) is 34.8 Å². The first-order chi connectivity index (χ1) is 11.0. The zero-order chi connectivity index (χ0) is 16.4. The van der Waals surface area contributed by atoms with Crippen molar-refractivity contribution in [3.8, 4) is 0 Å². The molecule has 0 aliphatic carbocycles. The van der Waals surface area contributed by atoms with E-state index in [1.165, 1.54) is 5.56 Å². The molecule has 2 aromatic rings. The van der Waals surface area contributed by atoms with Crippen molar-refractivity contribution in [1.82, 2.24) is 4.90 Å². The third-order valence-corrected chi connectivity index (χ3v) is 4.62. The van der Waals surface area contributed by atoms with Gasteiger partial charge in [-0.05, 0) is 49.2 Å². The number of hydrogen-bond donors (Lipinski definition) is 0. The first-order valence-electron chi connectivity index (χ1n) is 7.30. The van der Waals surface area contributed by atoms with E-state index >= 15 is 0 Å². The van der Waals surface area contributed by atoms with Crippen LogP contribution in [-0.2, 0) is 6.42 Å². The maximum atomic E-state index is 6.25. The number of anilines is 1. The lowest BCUT2D eigenvalue weighted by atomic mass is 10.1. The largest absolute Gasteiger partial charge is 0.339 e. The van der Waals surface area contributed by atoms with Crippen molar-refractivity contribution in [2.45, 2.75) is 19.4 Å². The summed E-state index contributed by atoms with van der Waals surface area (Å²) in [6.07, 6.45) is 2.77. The number of hydrazone groups is 1.